The number of carbonyl (C=O) groups is 1. The smallest absolute Gasteiger partial charge is 0.278 e. The van der Waals surface area contributed by atoms with Crippen molar-refractivity contribution in [1.29, 1.82) is 0 Å². The summed E-state index contributed by atoms with van der Waals surface area (Å²) in [5, 5.41) is 2.92. The third-order valence-corrected chi connectivity index (χ3v) is 3.66. The van der Waals surface area contributed by atoms with Gasteiger partial charge in [0.2, 0.25) is 0 Å². The lowest BCUT2D eigenvalue weighted by Gasteiger charge is -2.14. The fourth-order valence-corrected chi connectivity index (χ4v) is 2.65. The lowest BCUT2D eigenvalue weighted by Crippen LogP contribution is -2.15. The van der Waals surface area contributed by atoms with Crippen LogP contribution in [0, 0.1) is 6.92 Å². The first-order chi connectivity index (χ1) is 9.70. The topological polar surface area (TPSA) is 64.4 Å². The molecule has 0 atom stereocenters. The van der Waals surface area contributed by atoms with Crippen molar-refractivity contribution in [3.05, 3.63) is 41.1 Å². The average Bonchev–Trinajstić information content (AvgIpc) is 3.07. The molecular weight excluding hydrogens is 256 g/mol. The van der Waals surface area contributed by atoms with E-state index in [1.807, 2.05) is 6.07 Å². The molecule has 3 rings (SSSR count). The molecule has 0 radical (unpaired) electrons. The summed E-state index contributed by atoms with van der Waals surface area (Å²) in [6.07, 6.45) is 4.39. The molecule has 0 saturated carbocycles. The number of aromatic nitrogens is 1. The van der Waals surface area contributed by atoms with Crippen molar-refractivity contribution in [2.75, 3.05) is 12.4 Å². The number of hydrogen-bond donors (Lipinski definition) is 1. The molecule has 1 heterocycles. The Morgan fingerprint density at radius 3 is 2.95 bits per heavy atom. The summed E-state index contributed by atoms with van der Waals surface area (Å²) in [7, 11) is 1.60. The van der Waals surface area contributed by atoms with Crippen molar-refractivity contribution in [2.45, 2.75) is 26.2 Å². The molecule has 104 valence electrons. The van der Waals surface area contributed by atoms with Gasteiger partial charge in [-0.1, -0.05) is 6.07 Å². The number of aryl methyl sites for hydroxylation is 2. The minimum absolute atomic E-state index is 0.269. The van der Waals surface area contributed by atoms with Crippen LogP contribution in [-0.2, 0) is 12.8 Å². The van der Waals surface area contributed by atoms with Crippen LogP contribution in [0.3, 0.4) is 0 Å². The molecule has 5 heteroatoms. The maximum Gasteiger partial charge on any atom is 0.278 e. The van der Waals surface area contributed by atoms with Gasteiger partial charge in [0.05, 0.1) is 12.8 Å². The van der Waals surface area contributed by atoms with Gasteiger partial charge in [-0.3, -0.25) is 4.79 Å². The third-order valence-electron chi connectivity index (χ3n) is 3.66. The van der Waals surface area contributed by atoms with Gasteiger partial charge in [0.25, 0.3) is 5.91 Å². The van der Waals surface area contributed by atoms with Crippen molar-refractivity contribution in [1.82, 2.24) is 4.98 Å². The highest BCUT2D eigenvalue weighted by molar-refractivity contribution is 6.04. The van der Waals surface area contributed by atoms with Gasteiger partial charge in [0, 0.05) is 0 Å². The average molecular weight is 272 g/mol. The Kier molecular flexibility index (Phi) is 3.18. The van der Waals surface area contributed by atoms with Gasteiger partial charge in [-0.25, -0.2) is 4.98 Å². The highest BCUT2D eigenvalue weighted by Gasteiger charge is 2.22. The van der Waals surface area contributed by atoms with Crippen molar-refractivity contribution in [2.24, 2.45) is 0 Å². The first-order valence-electron chi connectivity index (χ1n) is 6.61. The number of carbonyl (C=O) groups excluding carboxylic acids is 1. The van der Waals surface area contributed by atoms with E-state index in [2.05, 4.69) is 16.4 Å². The Hall–Kier alpha value is -2.30. The van der Waals surface area contributed by atoms with Crippen molar-refractivity contribution in [3.63, 3.8) is 0 Å². The Balaban J connectivity index is 1.96. The van der Waals surface area contributed by atoms with Gasteiger partial charge < -0.3 is 14.5 Å². The zero-order valence-electron chi connectivity index (χ0n) is 11.5. The van der Waals surface area contributed by atoms with E-state index in [-0.39, 0.29) is 5.91 Å². The van der Waals surface area contributed by atoms with E-state index in [0.29, 0.717) is 17.2 Å². The number of nitrogens with zero attached hydrogens (tertiary/aromatic N) is 1. The Labute approximate surface area is 117 Å². The largest absolute Gasteiger partial charge is 0.495 e. The van der Waals surface area contributed by atoms with Gasteiger partial charge >= 0.3 is 0 Å². The quantitative estimate of drug-likeness (QED) is 0.933. The fraction of sp³-hybridized carbons (Fsp3) is 0.333. The van der Waals surface area contributed by atoms with E-state index in [1.54, 1.807) is 14.0 Å². The van der Waals surface area contributed by atoms with Gasteiger partial charge in [-0.2, -0.15) is 0 Å². The number of oxazole rings is 1. The van der Waals surface area contributed by atoms with Gasteiger partial charge in [-0.05, 0) is 43.4 Å². The second-order valence-electron chi connectivity index (χ2n) is 4.85. The van der Waals surface area contributed by atoms with Crippen LogP contribution < -0.4 is 10.1 Å². The predicted molar refractivity (Wildman–Crippen MR) is 74.2 cm³/mol. The van der Waals surface area contributed by atoms with Crippen LogP contribution in [0.5, 0.6) is 5.75 Å². The minimum Gasteiger partial charge on any atom is -0.495 e. The minimum atomic E-state index is -0.269. The predicted octanol–water partition coefficient (Wildman–Crippen LogP) is 2.73. The molecule has 2 aromatic rings. The number of ether oxygens (including phenoxy) is 1. The normalized spacial score (nSPS) is 13.1. The van der Waals surface area contributed by atoms with E-state index in [1.165, 1.54) is 17.5 Å². The van der Waals surface area contributed by atoms with E-state index in [0.717, 1.165) is 24.9 Å². The maximum absolute atomic E-state index is 12.3. The summed E-state index contributed by atoms with van der Waals surface area (Å²) in [4.78, 5) is 16.2. The fourth-order valence-electron chi connectivity index (χ4n) is 2.65. The molecule has 5 nitrogen and oxygen atoms in total. The molecule has 0 spiro atoms. The second-order valence-corrected chi connectivity index (χ2v) is 4.85. The van der Waals surface area contributed by atoms with Crippen molar-refractivity contribution >= 4 is 11.6 Å². The lowest BCUT2D eigenvalue weighted by molar-refractivity contribution is 0.102. The van der Waals surface area contributed by atoms with Crippen molar-refractivity contribution < 1.29 is 13.9 Å². The number of anilines is 1. The summed E-state index contributed by atoms with van der Waals surface area (Å²) in [6, 6.07) is 3.97. The number of methoxy groups -OCH3 is 1. The zero-order chi connectivity index (χ0) is 14.1. The standard InChI is InChI=1S/C15H16N2O3/c1-9-13(16-8-20-9)15(18)17-14-11-5-3-4-10(11)6-7-12(14)19-2/h6-8H,3-5H2,1-2H3,(H,17,18). The van der Waals surface area contributed by atoms with Crippen LogP contribution in [0.15, 0.2) is 22.9 Å². The third kappa shape index (κ3) is 2.05. The molecule has 1 N–H and O–H groups in total. The maximum atomic E-state index is 12.3. The van der Waals surface area contributed by atoms with Crippen LogP contribution in [0.2, 0.25) is 0 Å². The summed E-state index contributed by atoms with van der Waals surface area (Å²) >= 11 is 0. The molecule has 1 aromatic carbocycles. The van der Waals surface area contributed by atoms with Crippen LogP contribution >= 0.6 is 0 Å². The summed E-state index contributed by atoms with van der Waals surface area (Å²) in [5.41, 5.74) is 3.51. The van der Waals surface area contributed by atoms with Crippen LogP contribution in [0.25, 0.3) is 0 Å². The first-order valence-corrected chi connectivity index (χ1v) is 6.61. The number of benzene rings is 1. The van der Waals surface area contributed by atoms with E-state index < -0.39 is 0 Å². The zero-order valence-corrected chi connectivity index (χ0v) is 11.5. The monoisotopic (exact) mass is 272 g/mol. The molecule has 0 fully saturated rings. The van der Waals surface area contributed by atoms with Gasteiger partial charge in [-0.15, -0.1) is 0 Å². The second kappa shape index (κ2) is 5.00. The molecule has 0 unspecified atom stereocenters. The van der Waals surface area contributed by atoms with Crippen LogP contribution in [0.4, 0.5) is 5.69 Å². The molecule has 1 aromatic heterocycles. The number of rotatable bonds is 3. The Morgan fingerprint density at radius 1 is 1.40 bits per heavy atom. The molecular formula is C15H16N2O3. The van der Waals surface area contributed by atoms with Crippen LogP contribution in [0.1, 0.15) is 33.8 Å². The van der Waals surface area contributed by atoms with E-state index in [4.69, 9.17) is 9.15 Å². The molecule has 1 amide bonds. The molecule has 0 saturated heterocycles. The first kappa shape index (κ1) is 12.7. The molecule has 20 heavy (non-hydrogen) atoms. The van der Waals surface area contributed by atoms with E-state index >= 15 is 0 Å². The van der Waals surface area contributed by atoms with Gasteiger partial charge in [0.15, 0.2) is 12.1 Å². The number of nitrogens with one attached hydrogen (secondary N) is 1. The van der Waals surface area contributed by atoms with Crippen LogP contribution in [-0.4, -0.2) is 18.0 Å². The molecule has 0 aliphatic heterocycles. The molecule has 1 aliphatic rings. The molecule has 1 aliphatic carbocycles. The number of fused-ring (bicyclic) bond motifs is 1. The number of hydrogen-bond acceptors (Lipinski definition) is 4. The Morgan fingerprint density at radius 2 is 2.25 bits per heavy atom. The SMILES string of the molecule is COc1ccc2c(c1NC(=O)c1ncoc1C)CCC2. The summed E-state index contributed by atoms with van der Waals surface area (Å²) in [6.45, 7) is 1.72. The van der Waals surface area contributed by atoms with Crippen molar-refractivity contribution in [3.8, 4) is 5.75 Å². The molecule has 0 bridgehead atoms. The number of amides is 1. The highest BCUT2D eigenvalue weighted by atomic mass is 16.5. The van der Waals surface area contributed by atoms with Gasteiger partial charge in [0.1, 0.15) is 11.5 Å². The lowest BCUT2D eigenvalue weighted by atomic mass is 10.1. The highest BCUT2D eigenvalue weighted by Crippen LogP contribution is 2.36. The van der Waals surface area contributed by atoms with E-state index in [9.17, 15) is 4.79 Å². The summed E-state index contributed by atoms with van der Waals surface area (Å²) in [5.74, 6) is 0.920. The Bertz CT molecular complexity index is 661. The summed E-state index contributed by atoms with van der Waals surface area (Å²) < 4.78 is 10.4.